The third-order valence-electron chi connectivity index (χ3n) is 6.07. The van der Waals surface area contributed by atoms with Gasteiger partial charge in [0.1, 0.15) is 11.2 Å². The molecular weight excluding hydrogens is 556 g/mol. The number of ether oxygens (including phenoxy) is 2. The third-order valence-corrected chi connectivity index (χ3v) is 6.72. The van der Waals surface area contributed by atoms with Crippen LogP contribution in [0.25, 0.3) is 0 Å². The smallest absolute Gasteiger partial charge is 0.410 e. The maximum absolute atomic E-state index is 12.2. The summed E-state index contributed by atoms with van der Waals surface area (Å²) >= 11 is 3.36. The van der Waals surface area contributed by atoms with E-state index in [0.29, 0.717) is 0 Å². The van der Waals surface area contributed by atoms with Crippen molar-refractivity contribution in [3.8, 4) is 0 Å². The Morgan fingerprint density at radius 3 is 1.69 bits per heavy atom. The van der Waals surface area contributed by atoms with Crippen LogP contribution in [0, 0.1) is 0 Å². The van der Waals surface area contributed by atoms with Gasteiger partial charge in [0.2, 0.25) is 0 Å². The van der Waals surface area contributed by atoms with E-state index in [1.807, 2.05) is 82.8 Å². The second-order valence-corrected chi connectivity index (χ2v) is 12.5. The van der Waals surface area contributed by atoms with Gasteiger partial charge >= 0.3 is 12.2 Å². The first kappa shape index (κ1) is 32.7. The molecule has 2 aliphatic heterocycles. The Hall–Kier alpha value is -2.54. The highest BCUT2D eigenvalue weighted by molar-refractivity contribution is 9.08. The van der Waals surface area contributed by atoms with E-state index in [2.05, 4.69) is 40.2 Å². The van der Waals surface area contributed by atoms with Crippen LogP contribution in [0.4, 0.5) is 9.59 Å². The highest BCUT2D eigenvalue weighted by Crippen LogP contribution is 2.23. The van der Waals surface area contributed by atoms with Crippen LogP contribution in [0.5, 0.6) is 0 Å². The van der Waals surface area contributed by atoms with Gasteiger partial charge in [0.05, 0.1) is 0 Å². The number of hydrogen-bond donors (Lipinski definition) is 0. The number of benzene rings is 2. The van der Waals surface area contributed by atoms with Crippen molar-refractivity contribution in [2.45, 2.75) is 96.2 Å². The minimum atomic E-state index is -0.420. The lowest BCUT2D eigenvalue weighted by molar-refractivity contribution is 0.0225. The van der Waals surface area contributed by atoms with Crippen LogP contribution >= 0.6 is 15.9 Å². The monoisotopic (exact) mass is 602 g/mol. The molecule has 2 heterocycles. The van der Waals surface area contributed by atoms with E-state index >= 15 is 0 Å². The summed E-state index contributed by atoms with van der Waals surface area (Å²) in [6.45, 7) is 13.9. The summed E-state index contributed by atoms with van der Waals surface area (Å²) in [5.41, 5.74) is 1.83. The molecule has 2 aromatic carbocycles. The summed E-state index contributed by atoms with van der Waals surface area (Å²) < 4.78 is 10.7. The van der Waals surface area contributed by atoms with Crippen molar-refractivity contribution >= 4 is 28.1 Å². The van der Waals surface area contributed by atoms with Gasteiger partial charge < -0.3 is 19.3 Å². The molecule has 0 N–H and O–H groups in total. The first-order valence-corrected chi connectivity index (χ1v) is 15.1. The Balaban J connectivity index is 0.000000227. The number of carbonyl (C=O) groups is 2. The number of halogens is 1. The van der Waals surface area contributed by atoms with Gasteiger partial charge in [-0.05, 0) is 84.8 Å². The van der Waals surface area contributed by atoms with Crippen LogP contribution < -0.4 is 0 Å². The lowest BCUT2D eigenvalue weighted by Gasteiger charge is -2.28. The van der Waals surface area contributed by atoms with Gasteiger partial charge in [-0.1, -0.05) is 76.6 Å². The fraction of sp³-hybridized carbons (Fsp3) is 0.562. The zero-order valence-corrected chi connectivity index (χ0v) is 26.2. The van der Waals surface area contributed by atoms with Gasteiger partial charge in [-0.3, -0.25) is 0 Å². The highest BCUT2D eigenvalue weighted by Gasteiger charge is 2.32. The summed E-state index contributed by atoms with van der Waals surface area (Å²) in [7, 11) is 0. The van der Waals surface area contributed by atoms with Gasteiger partial charge in [-0.25, -0.2) is 9.59 Å². The average molecular weight is 604 g/mol. The molecule has 0 aliphatic carbocycles. The van der Waals surface area contributed by atoms with Crippen molar-refractivity contribution in [3.63, 3.8) is 0 Å². The molecule has 0 bridgehead atoms. The Bertz CT molecular complexity index is 981. The molecule has 1 unspecified atom stereocenters. The van der Waals surface area contributed by atoms with E-state index in [1.54, 1.807) is 4.90 Å². The van der Waals surface area contributed by atoms with E-state index in [9.17, 15) is 9.59 Å². The average Bonchev–Trinajstić information content (AvgIpc) is 3.57. The van der Waals surface area contributed by atoms with Crippen LogP contribution in [-0.2, 0) is 21.2 Å². The molecule has 4 rings (SSSR count). The molecular formula is C32H47BrN2O4. The fourth-order valence-corrected chi connectivity index (χ4v) is 4.66. The van der Waals surface area contributed by atoms with Gasteiger partial charge in [0.25, 0.3) is 0 Å². The minimum Gasteiger partial charge on any atom is -0.444 e. The number of carbonyl (C=O) groups excluding carboxylic acids is 2. The van der Waals surface area contributed by atoms with Crippen molar-refractivity contribution < 1.29 is 19.1 Å². The molecule has 2 aromatic rings. The highest BCUT2D eigenvalue weighted by atomic mass is 79.9. The van der Waals surface area contributed by atoms with Gasteiger partial charge in [0.15, 0.2) is 0 Å². The van der Waals surface area contributed by atoms with Crippen LogP contribution in [0.3, 0.4) is 0 Å². The Labute approximate surface area is 244 Å². The molecule has 0 saturated carbocycles. The van der Waals surface area contributed by atoms with Crippen LogP contribution in [0.1, 0.15) is 78.4 Å². The molecule has 7 heteroatoms. The van der Waals surface area contributed by atoms with Gasteiger partial charge in [-0.2, -0.15) is 0 Å². The number of rotatable bonds is 3. The van der Waals surface area contributed by atoms with Crippen LogP contribution in [0.2, 0.25) is 0 Å². The molecule has 6 nitrogen and oxygen atoms in total. The number of likely N-dealkylation sites (tertiary alicyclic amines) is 2. The molecule has 2 aliphatic rings. The fourth-order valence-electron chi connectivity index (χ4n) is 4.29. The minimum absolute atomic E-state index is 0.167. The first-order valence-electron chi connectivity index (χ1n) is 14.0. The summed E-state index contributed by atoms with van der Waals surface area (Å²) in [4.78, 5) is 27.2. The Morgan fingerprint density at radius 1 is 0.744 bits per heavy atom. The summed E-state index contributed by atoms with van der Waals surface area (Å²) in [6.07, 6.45) is 4.93. The summed E-state index contributed by atoms with van der Waals surface area (Å²) in [5.74, 6) is 0. The van der Waals surface area contributed by atoms with E-state index in [1.165, 1.54) is 11.1 Å². The van der Waals surface area contributed by atoms with E-state index < -0.39 is 5.60 Å². The topological polar surface area (TPSA) is 59.1 Å². The molecule has 0 aromatic heterocycles. The standard InChI is InChI=1S/C16H23NO2.C9H17NO2.C7H7Br/c1-16(2,3)19-15(18)17-11-7-10-14(17)12-13-8-5-4-6-9-13;1-9(2,3)12-8(11)10-6-4-5-7-10;8-6-7-4-2-1-3-5-7/h4-6,8-9,14H,7,10-12H2,1-3H3;4-7H2,1-3H3;1-5H,6H2. The first-order chi connectivity index (χ1) is 18.4. The maximum Gasteiger partial charge on any atom is 0.410 e. The number of alkyl halides is 1. The lowest BCUT2D eigenvalue weighted by atomic mass is 10.0. The number of hydrogen-bond acceptors (Lipinski definition) is 4. The zero-order chi connectivity index (χ0) is 28.9. The van der Waals surface area contributed by atoms with E-state index in [4.69, 9.17) is 9.47 Å². The molecule has 216 valence electrons. The number of nitrogens with zero attached hydrogens (tertiary/aromatic N) is 2. The summed E-state index contributed by atoms with van der Waals surface area (Å²) in [6, 6.07) is 20.9. The maximum atomic E-state index is 12.2. The Morgan fingerprint density at radius 2 is 1.23 bits per heavy atom. The third kappa shape index (κ3) is 13.4. The molecule has 2 fully saturated rings. The van der Waals surface area contributed by atoms with Crippen LogP contribution in [0.15, 0.2) is 60.7 Å². The molecule has 0 radical (unpaired) electrons. The second kappa shape index (κ2) is 15.9. The zero-order valence-electron chi connectivity index (χ0n) is 24.6. The van der Waals surface area contributed by atoms with Crippen molar-refractivity contribution in [2.24, 2.45) is 0 Å². The normalized spacial score (nSPS) is 16.9. The Kier molecular flexibility index (Phi) is 13.3. The van der Waals surface area contributed by atoms with E-state index in [0.717, 1.165) is 57.1 Å². The van der Waals surface area contributed by atoms with E-state index in [-0.39, 0.29) is 23.8 Å². The largest absolute Gasteiger partial charge is 0.444 e. The van der Waals surface area contributed by atoms with Crippen molar-refractivity contribution in [2.75, 3.05) is 19.6 Å². The predicted molar refractivity (Wildman–Crippen MR) is 162 cm³/mol. The van der Waals surface area contributed by atoms with Crippen molar-refractivity contribution in [3.05, 3.63) is 71.8 Å². The van der Waals surface area contributed by atoms with Gasteiger partial charge in [-0.15, -0.1) is 0 Å². The molecule has 1 atom stereocenters. The molecule has 39 heavy (non-hydrogen) atoms. The predicted octanol–water partition coefficient (Wildman–Crippen LogP) is 8.23. The number of amides is 2. The van der Waals surface area contributed by atoms with Crippen molar-refractivity contribution in [1.82, 2.24) is 9.80 Å². The van der Waals surface area contributed by atoms with Gasteiger partial charge in [0, 0.05) is 31.0 Å². The summed E-state index contributed by atoms with van der Waals surface area (Å²) in [5, 5.41) is 0.952. The van der Waals surface area contributed by atoms with Crippen molar-refractivity contribution in [1.29, 1.82) is 0 Å². The molecule has 2 saturated heterocycles. The lowest BCUT2D eigenvalue weighted by Crippen LogP contribution is -2.40. The SMILES string of the molecule is BrCc1ccccc1.CC(C)(C)OC(=O)N1CCCC1.CC(C)(C)OC(=O)N1CCCC1Cc1ccccc1. The second-order valence-electron chi connectivity index (χ2n) is 12.0. The van der Waals surface area contributed by atoms with Crippen LogP contribution in [-0.4, -0.2) is 58.9 Å². The quantitative estimate of drug-likeness (QED) is 0.332. The molecule has 0 spiro atoms. The molecule has 2 amide bonds.